The molecule has 14 nitrogen and oxygen atoms in total. The number of hydrogen-bond acceptors (Lipinski definition) is 14. The molecule has 15 heteroatoms. The molecule has 0 aliphatic carbocycles. The number of rotatable bonds is 11. The number of hydrogen-bond donors (Lipinski definition) is 1. The van der Waals surface area contributed by atoms with Crippen molar-refractivity contribution in [2.45, 2.75) is 123 Å². The SMILES string of the molecule is C=CC[C@H]1C(=O)C(C)(C)[C@@H](O)CC(=O)O[C@H](c2ccc3sc(C)nc3c2)C[C@H]2O[C@@]2(C)CCC[C@H](C)[C@@H]1OC(=O)OCc1ccc(OC(=O)CCCN2C(=O)C=CC2=O)cc1. The molecule has 3 aromatic rings. The van der Waals surface area contributed by atoms with Gasteiger partial charge in [-0.05, 0) is 80.8 Å². The highest BCUT2D eigenvalue weighted by Crippen LogP contribution is 2.47. The Bertz CT molecular complexity index is 2160. The van der Waals surface area contributed by atoms with E-state index in [1.54, 1.807) is 55.5 Å². The number of benzene rings is 2. The summed E-state index contributed by atoms with van der Waals surface area (Å²) in [4.78, 5) is 82.8. The van der Waals surface area contributed by atoms with Crippen LogP contribution >= 0.6 is 11.3 Å². The van der Waals surface area contributed by atoms with Gasteiger partial charge in [0.25, 0.3) is 11.8 Å². The second kappa shape index (κ2) is 19.2. The number of aryl methyl sites for hydroxylation is 1. The first-order chi connectivity index (χ1) is 29.0. The van der Waals surface area contributed by atoms with Crippen molar-refractivity contribution in [2.24, 2.45) is 17.3 Å². The van der Waals surface area contributed by atoms with Gasteiger partial charge >= 0.3 is 18.1 Å². The van der Waals surface area contributed by atoms with Crippen LogP contribution in [-0.2, 0) is 49.5 Å². The number of carbonyl (C=O) groups is 6. The molecule has 7 atom stereocenters. The lowest BCUT2D eigenvalue weighted by atomic mass is 9.71. The second-order valence-electron chi connectivity index (χ2n) is 16.9. The number of allylic oxidation sites excluding steroid dienone is 1. The third-order valence-electron chi connectivity index (χ3n) is 11.9. The van der Waals surface area contributed by atoms with E-state index in [1.165, 1.54) is 12.2 Å². The molecule has 2 aromatic carbocycles. The van der Waals surface area contributed by atoms with Crippen molar-refractivity contribution in [3.63, 3.8) is 0 Å². The lowest BCUT2D eigenvalue weighted by molar-refractivity contribution is -0.157. The van der Waals surface area contributed by atoms with E-state index in [-0.39, 0.29) is 50.2 Å². The average Bonchev–Trinajstić information content (AvgIpc) is 3.49. The zero-order valence-corrected chi connectivity index (χ0v) is 36.1. The summed E-state index contributed by atoms with van der Waals surface area (Å²) in [6, 6.07) is 12.1. The molecule has 61 heavy (non-hydrogen) atoms. The Morgan fingerprint density at radius 2 is 1.79 bits per heavy atom. The van der Waals surface area contributed by atoms with Gasteiger partial charge in [-0.2, -0.15) is 0 Å². The Morgan fingerprint density at radius 1 is 1.07 bits per heavy atom. The number of cyclic esters (lactones) is 1. The van der Waals surface area contributed by atoms with Crippen molar-refractivity contribution in [1.82, 2.24) is 9.88 Å². The molecule has 0 saturated carbocycles. The Hall–Kier alpha value is -5.25. The maximum absolute atomic E-state index is 14.5. The standard InChI is InChI=1S/C46H54N2O12S/c1-7-10-32-42(59-44(55)56-26-29-13-16-31(17-14-29)57-40(52)12-9-22-48-38(50)19-20-39(48)51)27(2)11-8-21-46(6)37(60-46)24-34(30-15-18-35-33(23-30)47-28(3)61-35)58-41(53)25-36(49)45(4,5)43(32)54/h7,13-20,23,27,32,34,36-37,42,49H,1,8-12,21-22,24-26H2,2-6H3/t27-,32+,34-,36-,37+,42-,46-/m0/s1. The minimum absolute atomic E-state index is 0.00871. The summed E-state index contributed by atoms with van der Waals surface area (Å²) in [6.07, 6.45) is 2.01. The van der Waals surface area contributed by atoms with Crippen molar-refractivity contribution in [3.8, 4) is 5.75 Å². The first-order valence-electron chi connectivity index (χ1n) is 20.7. The molecule has 0 radical (unpaired) electrons. The number of Topliss-reactive ketones (excluding diaryl/α,β-unsaturated/α-hetero) is 1. The summed E-state index contributed by atoms with van der Waals surface area (Å²) < 4.78 is 30.2. The van der Waals surface area contributed by atoms with E-state index in [0.717, 1.165) is 25.7 Å². The summed E-state index contributed by atoms with van der Waals surface area (Å²) in [6.45, 7) is 12.8. The summed E-state index contributed by atoms with van der Waals surface area (Å²) in [5, 5.41) is 12.4. The van der Waals surface area contributed by atoms with E-state index in [1.807, 2.05) is 39.0 Å². The molecule has 2 amide bonds. The van der Waals surface area contributed by atoms with Crippen molar-refractivity contribution in [2.75, 3.05) is 6.54 Å². The maximum Gasteiger partial charge on any atom is 0.508 e. The fraction of sp³-hybridized carbons (Fsp3) is 0.500. The number of ketones is 1. The number of aromatic nitrogens is 1. The molecule has 1 N–H and O–H groups in total. The fourth-order valence-corrected chi connectivity index (χ4v) is 8.84. The summed E-state index contributed by atoms with van der Waals surface area (Å²) in [5.74, 6) is -3.41. The molecule has 0 bridgehead atoms. The molecule has 3 aliphatic heterocycles. The van der Waals surface area contributed by atoms with E-state index >= 15 is 0 Å². The Balaban J connectivity index is 1.10. The van der Waals surface area contributed by atoms with Crippen LogP contribution in [0.25, 0.3) is 10.2 Å². The lowest BCUT2D eigenvalue weighted by Gasteiger charge is -2.37. The Labute approximate surface area is 359 Å². The summed E-state index contributed by atoms with van der Waals surface area (Å²) in [5.41, 5.74) is 0.239. The molecule has 6 rings (SSSR count). The van der Waals surface area contributed by atoms with Gasteiger partial charge in [0.05, 0.1) is 50.8 Å². The second-order valence-corrected chi connectivity index (χ2v) is 18.1. The number of ether oxygens (including phenoxy) is 5. The number of carbonyl (C=O) groups excluding carboxylic acids is 6. The first-order valence-corrected chi connectivity index (χ1v) is 21.5. The predicted molar refractivity (Wildman–Crippen MR) is 224 cm³/mol. The fourth-order valence-electron chi connectivity index (χ4n) is 8.04. The number of epoxide rings is 1. The van der Waals surface area contributed by atoms with Crippen LogP contribution in [0.15, 0.2) is 67.3 Å². The number of aliphatic hydroxyl groups excluding tert-OH is 1. The van der Waals surface area contributed by atoms with Gasteiger partial charge in [-0.1, -0.05) is 51.5 Å². The van der Waals surface area contributed by atoms with E-state index < -0.39 is 77.4 Å². The van der Waals surface area contributed by atoms with Crippen LogP contribution in [-0.4, -0.2) is 81.1 Å². The molecule has 4 heterocycles. The van der Waals surface area contributed by atoms with Crippen LogP contribution in [0.3, 0.4) is 0 Å². The number of thiazole rings is 1. The predicted octanol–water partition coefficient (Wildman–Crippen LogP) is 7.43. The van der Waals surface area contributed by atoms with E-state index in [2.05, 4.69) is 11.6 Å². The molecule has 326 valence electrons. The molecule has 0 spiro atoms. The number of aliphatic hydroxyl groups is 1. The largest absolute Gasteiger partial charge is 0.508 e. The van der Waals surface area contributed by atoms with Gasteiger partial charge in [0.1, 0.15) is 30.3 Å². The summed E-state index contributed by atoms with van der Waals surface area (Å²) >= 11 is 1.58. The molecular formula is C46H54N2O12S. The average molecular weight is 859 g/mol. The Kier molecular flexibility index (Phi) is 14.3. The van der Waals surface area contributed by atoms with Gasteiger partial charge in [-0.3, -0.25) is 28.9 Å². The summed E-state index contributed by atoms with van der Waals surface area (Å²) in [7, 11) is 0. The number of fused-ring (bicyclic) bond motifs is 2. The van der Waals surface area contributed by atoms with E-state index in [4.69, 9.17) is 23.7 Å². The number of amides is 2. The van der Waals surface area contributed by atoms with E-state index in [9.17, 15) is 33.9 Å². The number of esters is 2. The van der Waals surface area contributed by atoms with Gasteiger partial charge in [0.15, 0.2) is 0 Å². The third-order valence-corrected chi connectivity index (χ3v) is 12.9. The quantitative estimate of drug-likeness (QED) is 0.0660. The third kappa shape index (κ3) is 11.2. The van der Waals surface area contributed by atoms with Gasteiger partial charge in [0.2, 0.25) is 0 Å². The van der Waals surface area contributed by atoms with Crippen LogP contribution in [0.2, 0.25) is 0 Å². The highest BCUT2D eigenvalue weighted by atomic mass is 32.1. The van der Waals surface area contributed by atoms with Crippen molar-refractivity contribution < 1.29 is 57.6 Å². The molecular weight excluding hydrogens is 805 g/mol. The zero-order valence-electron chi connectivity index (χ0n) is 35.3. The minimum atomic E-state index is -1.45. The van der Waals surface area contributed by atoms with E-state index in [0.29, 0.717) is 31.2 Å². The van der Waals surface area contributed by atoms with Crippen LogP contribution < -0.4 is 4.74 Å². The molecule has 1 aromatic heterocycles. The highest BCUT2D eigenvalue weighted by molar-refractivity contribution is 7.18. The smallest absolute Gasteiger partial charge is 0.457 e. The highest BCUT2D eigenvalue weighted by Gasteiger charge is 2.53. The van der Waals surface area contributed by atoms with Gasteiger partial charge in [0, 0.05) is 31.5 Å². The van der Waals surface area contributed by atoms with Crippen LogP contribution in [0.5, 0.6) is 5.75 Å². The maximum atomic E-state index is 14.5. The Morgan fingerprint density at radius 3 is 2.49 bits per heavy atom. The van der Waals surface area contributed by atoms with Crippen molar-refractivity contribution >= 4 is 57.2 Å². The van der Waals surface area contributed by atoms with Gasteiger partial charge < -0.3 is 28.8 Å². The molecule has 2 fully saturated rings. The van der Waals surface area contributed by atoms with Gasteiger partial charge in [-0.25, -0.2) is 9.78 Å². The topological polar surface area (TPSA) is 188 Å². The van der Waals surface area contributed by atoms with Gasteiger partial charge in [-0.15, -0.1) is 17.9 Å². The lowest BCUT2D eigenvalue weighted by Crippen LogP contribution is -2.47. The monoisotopic (exact) mass is 858 g/mol. The van der Waals surface area contributed by atoms with Crippen LogP contribution in [0.1, 0.15) is 101 Å². The molecule has 3 aliphatic rings. The first kappa shape index (κ1) is 45.3. The minimum Gasteiger partial charge on any atom is -0.457 e. The molecule has 0 unspecified atom stereocenters. The number of imide groups is 1. The molecule has 2 saturated heterocycles. The van der Waals surface area contributed by atoms with Crippen molar-refractivity contribution in [3.05, 3.63) is 83.4 Å². The van der Waals surface area contributed by atoms with Crippen LogP contribution in [0.4, 0.5) is 4.79 Å². The number of nitrogens with zero attached hydrogens (tertiary/aromatic N) is 2. The zero-order chi connectivity index (χ0) is 44.1. The van der Waals surface area contributed by atoms with Crippen LogP contribution in [0, 0.1) is 24.2 Å². The van der Waals surface area contributed by atoms with Crippen molar-refractivity contribution in [1.29, 1.82) is 0 Å². The normalized spacial score (nSPS) is 27.0.